The number of nitrogens with two attached hydrogens (primary N) is 1. The van der Waals surface area contributed by atoms with E-state index in [1.54, 1.807) is 6.07 Å². The summed E-state index contributed by atoms with van der Waals surface area (Å²) in [7, 11) is -2.34. The molecule has 0 aromatic carbocycles. The molecule has 1 aliphatic heterocycles. The summed E-state index contributed by atoms with van der Waals surface area (Å²) in [4.78, 5) is 3.98. The average Bonchev–Trinajstić information content (AvgIpc) is 2.14. The standard InChI is InChI=1S/C7H7BrN4O2S/c1-12-7-5(2-4(8)3-10-7)6(9)11-15(12,13)14/h2-3H,1H3,(H2,9,11). The quantitative estimate of drug-likeness (QED) is 0.741. The summed E-state index contributed by atoms with van der Waals surface area (Å²) in [6.45, 7) is 0. The van der Waals surface area contributed by atoms with Crippen LogP contribution in [0.4, 0.5) is 5.82 Å². The van der Waals surface area contributed by atoms with Gasteiger partial charge >= 0.3 is 10.2 Å². The lowest BCUT2D eigenvalue weighted by atomic mass is 10.2. The largest absolute Gasteiger partial charge is 0.382 e. The molecule has 0 spiro atoms. The molecule has 0 aliphatic carbocycles. The lowest BCUT2D eigenvalue weighted by molar-refractivity contribution is 0.595. The number of hydrogen-bond acceptors (Lipinski definition) is 4. The first-order valence-corrected chi connectivity index (χ1v) is 6.11. The van der Waals surface area contributed by atoms with Crippen molar-refractivity contribution < 1.29 is 8.42 Å². The Labute approximate surface area is 95.1 Å². The Bertz CT molecular complexity index is 554. The van der Waals surface area contributed by atoms with Gasteiger partial charge in [-0.3, -0.25) is 0 Å². The second-order valence-electron chi connectivity index (χ2n) is 2.95. The number of anilines is 1. The predicted molar refractivity (Wildman–Crippen MR) is 60.0 cm³/mol. The van der Waals surface area contributed by atoms with Gasteiger partial charge in [0.25, 0.3) is 0 Å². The van der Waals surface area contributed by atoms with Crippen LogP contribution in [0.2, 0.25) is 0 Å². The highest BCUT2D eigenvalue weighted by atomic mass is 79.9. The van der Waals surface area contributed by atoms with Gasteiger partial charge in [-0.15, -0.1) is 4.40 Å². The highest BCUT2D eigenvalue weighted by Crippen LogP contribution is 2.26. The number of amidine groups is 1. The van der Waals surface area contributed by atoms with Gasteiger partial charge in [0.15, 0.2) is 5.82 Å². The molecule has 80 valence electrons. The van der Waals surface area contributed by atoms with Crippen LogP contribution in [0, 0.1) is 0 Å². The number of aromatic nitrogens is 1. The average molecular weight is 291 g/mol. The Morgan fingerprint density at radius 2 is 2.20 bits per heavy atom. The van der Waals surface area contributed by atoms with Crippen molar-refractivity contribution in [3.05, 3.63) is 22.3 Å². The van der Waals surface area contributed by atoms with E-state index in [4.69, 9.17) is 5.73 Å². The van der Waals surface area contributed by atoms with Crippen molar-refractivity contribution in [2.45, 2.75) is 0 Å². The maximum absolute atomic E-state index is 11.4. The van der Waals surface area contributed by atoms with E-state index >= 15 is 0 Å². The second-order valence-corrected chi connectivity index (χ2v) is 5.49. The molecule has 0 fully saturated rings. The molecule has 0 saturated heterocycles. The van der Waals surface area contributed by atoms with Gasteiger partial charge in [0, 0.05) is 17.7 Å². The minimum Gasteiger partial charge on any atom is -0.382 e. The third-order valence-electron chi connectivity index (χ3n) is 1.97. The molecule has 6 nitrogen and oxygen atoms in total. The van der Waals surface area contributed by atoms with Crippen LogP contribution in [0.5, 0.6) is 0 Å². The van der Waals surface area contributed by atoms with Crippen molar-refractivity contribution in [2.75, 3.05) is 11.4 Å². The SMILES string of the molecule is CN1c2ncc(Br)cc2C(N)=NS1(=O)=O. The zero-order valence-electron chi connectivity index (χ0n) is 7.68. The first-order valence-electron chi connectivity index (χ1n) is 3.92. The third-order valence-corrected chi connectivity index (χ3v) is 3.69. The van der Waals surface area contributed by atoms with Crippen LogP contribution >= 0.6 is 15.9 Å². The lowest BCUT2D eigenvalue weighted by Crippen LogP contribution is -2.34. The van der Waals surface area contributed by atoms with Crippen molar-refractivity contribution in [1.29, 1.82) is 0 Å². The van der Waals surface area contributed by atoms with E-state index in [1.807, 2.05) is 0 Å². The molecule has 1 aliphatic rings. The van der Waals surface area contributed by atoms with Crippen LogP contribution in [-0.4, -0.2) is 26.3 Å². The van der Waals surface area contributed by atoms with Crippen LogP contribution in [0.3, 0.4) is 0 Å². The van der Waals surface area contributed by atoms with Crippen molar-refractivity contribution in [1.82, 2.24) is 4.98 Å². The smallest absolute Gasteiger partial charge is 0.347 e. The monoisotopic (exact) mass is 290 g/mol. The van der Waals surface area contributed by atoms with Crippen LogP contribution in [0.1, 0.15) is 5.56 Å². The van der Waals surface area contributed by atoms with Gasteiger partial charge in [-0.05, 0) is 22.0 Å². The third kappa shape index (κ3) is 1.59. The molecule has 0 saturated carbocycles. The molecular formula is C7H7BrN4O2S. The summed E-state index contributed by atoms with van der Waals surface area (Å²) in [5.41, 5.74) is 6.04. The molecule has 1 aromatic rings. The molecule has 0 amide bonds. The van der Waals surface area contributed by atoms with Crippen LogP contribution in [0.25, 0.3) is 0 Å². The summed E-state index contributed by atoms with van der Waals surface area (Å²) >= 11 is 3.23. The molecule has 0 radical (unpaired) electrons. The summed E-state index contributed by atoms with van der Waals surface area (Å²) in [5, 5.41) is 0. The Morgan fingerprint density at radius 1 is 1.53 bits per heavy atom. The molecule has 2 heterocycles. The normalized spacial score (nSPS) is 18.3. The van der Waals surface area contributed by atoms with Crippen molar-refractivity contribution in [2.24, 2.45) is 10.1 Å². The molecule has 15 heavy (non-hydrogen) atoms. The second kappa shape index (κ2) is 3.17. The van der Waals surface area contributed by atoms with Crippen LogP contribution in [0.15, 0.2) is 21.1 Å². The Kier molecular flexibility index (Phi) is 2.19. The van der Waals surface area contributed by atoms with Crippen molar-refractivity contribution >= 4 is 37.8 Å². The van der Waals surface area contributed by atoms with Gasteiger partial charge in [0.05, 0.1) is 5.56 Å². The summed E-state index contributed by atoms with van der Waals surface area (Å²) in [5.74, 6) is 0.239. The lowest BCUT2D eigenvalue weighted by Gasteiger charge is -2.22. The maximum Gasteiger partial charge on any atom is 0.347 e. The zero-order chi connectivity index (χ0) is 11.2. The van der Waals surface area contributed by atoms with E-state index in [1.165, 1.54) is 13.2 Å². The zero-order valence-corrected chi connectivity index (χ0v) is 10.1. The maximum atomic E-state index is 11.4. The van der Waals surface area contributed by atoms with Gasteiger partial charge in [0.1, 0.15) is 5.84 Å². The fourth-order valence-electron chi connectivity index (χ4n) is 1.22. The van der Waals surface area contributed by atoms with Gasteiger partial charge in [-0.25, -0.2) is 9.29 Å². The fourth-order valence-corrected chi connectivity index (χ4v) is 2.38. The number of fused-ring (bicyclic) bond motifs is 1. The highest BCUT2D eigenvalue weighted by molar-refractivity contribution is 9.10. The first-order chi connectivity index (χ1) is 6.92. The molecule has 0 bridgehead atoms. The van der Waals surface area contributed by atoms with Crippen LogP contribution < -0.4 is 10.0 Å². The number of nitrogens with zero attached hydrogens (tertiary/aromatic N) is 3. The summed E-state index contributed by atoms with van der Waals surface area (Å²) < 4.78 is 28.0. The highest BCUT2D eigenvalue weighted by Gasteiger charge is 2.28. The van der Waals surface area contributed by atoms with Gasteiger partial charge in [-0.1, -0.05) is 0 Å². The van der Waals surface area contributed by atoms with E-state index in [-0.39, 0.29) is 11.7 Å². The fraction of sp³-hybridized carbons (Fsp3) is 0.143. The summed E-state index contributed by atoms with van der Waals surface area (Å²) in [6.07, 6.45) is 1.50. The molecule has 2 rings (SSSR count). The van der Waals surface area contributed by atoms with E-state index in [0.717, 1.165) is 4.31 Å². The topological polar surface area (TPSA) is 88.7 Å². The first kappa shape index (κ1) is 10.4. The Hall–Kier alpha value is -1.15. The minimum atomic E-state index is -3.72. The van der Waals surface area contributed by atoms with E-state index in [0.29, 0.717) is 10.0 Å². The Balaban J connectivity index is 2.75. The van der Waals surface area contributed by atoms with Crippen molar-refractivity contribution in [3.8, 4) is 0 Å². The van der Waals surface area contributed by atoms with Gasteiger partial charge < -0.3 is 5.73 Å². The molecule has 0 unspecified atom stereocenters. The number of pyridine rings is 1. The molecule has 2 N–H and O–H groups in total. The molecule has 0 atom stereocenters. The number of hydrogen-bond donors (Lipinski definition) is 1. The summed E-state index contributed by atoms with van der Waals surface area (Å²) in [6, 6.07) is 1.67. The van der Waals surface area contributed by atoms with Crippen LogP contribution in [-0.2, 0) is 10.2 Å². The van der Waals surface area contributed by atoms with E-state index in [2.05, 4.69) is 25.3 Å². The predicted octanol–water partition coefficient (Wildman–Crippen LogP) is 0.244. The molecule has 8 heteroatoms. The van der Waals surface area contributed by atoms with E-state index < -0.39 is 10.2 Å². The minimum absolute atomic E-state index is 0.0445. The van der Waals surface area contributed by atoms with Crippen molar-refractivity contribution in [3.63, 3.8) is 0 Å². The number of halogens is 1. The molecular weight excluding hydrogens is 284 g/mol. The Morgan fingerprint density at radius 3 is 2.87 bits per heavy atom. The molecule has 1 aromatic heterocycles. The number of rotatable bonds is 0. The van der Waals surface area contributed by atoms with Gasteiger partial charge in [0.2, 0.25) is 0 Å². The van der Waals surface area contributed by atoms with E-state index in [9.17, 15) is 8.42 Å². The van der Waals surface area contributed by atoms with Gasteiger partial charge in [-0.2, -0.15) is 8.42 Å².